The molecule has 3 aromatic rings. The Morgan fingerprint density at radius 3 is 2.28 bits per heavy atom. The van der Waals surface area contributed by atoms with Crippen LogP contribution >= 0.6 is 11.6 Å². The van der Waals surface area contributed by atoms with Crippen LogP contribution in [0.25, 0.3) is 6.08 Å². The van der Waals surface area contributed by atoms with Gasteiger partial charge in [-0.2, -0.15) is 0 Å². The molecule has 0 aliphatic rings. The zero-order chi connectivity index (χ0) is 25.9. The van der Waals surface area contributed by atoms with Crippen LogP contribution in [0, 0.1) is 0 Å². The molecular formula is C27H28ClN5O3. The highest BCUT2D eigenvalue weighted by Gasteiger charge is 2.20. The van der Waals surface area contributed by atoms with E-state index in [1.54, 1.807) is 54.6 Å². The first-order valence-corrected chi connectivity index (χ1v) is 11.7. The van der Waals surface area contributed by atoms with Gasteiger partial charge < -0.3 is 27.0 Å². The Morgan fingerprint density at radius 1 is 0.917 bits per heavy atom. The van der Waals surface area contributed by atoms with Crippen LogP contribution in [0.15, 0.2) is 78.9 Å². The lowest BCUT2D eigenvalue weighted by atomic mass is 10.0. The molecule has 0 saturated heterocycles. The van der Waals surface area contributed by atoms with Crippen LogP contribution in [0.1, 0.15) is 24.1 Å². The first-order valence-electron chi connectivity index (χ1n) is 11.3. The van der Waals surface area contributed by atoms with Gasteiger partial charge >= 0.3 is 0 Å². The topological polar surface area (TPSA) is 125 Å². The molecule has 0 aliphatic carbocycles. The third kappa shape index (κ3) is 8.26. The summed E-state index contributed by atoms with van der Waals surface area (Å²) in [4.78, 5) is 36.5. The van der Waals surface area contributed by atoms with Gasteiger partial charge in [0, 0.05) is 36.8 Å². The second kappa shape index (κ2) is 13.1. The number of halogens is 1. The Hall–Kier alpha value is -4.14. The van der Waals surface area contributed by atoms with Crippen molar-refractivity contribution in [2.75, 3.05) is 29.5 Å². The number of benzene rings is 3. The summed E-state index contributed by atoms with van der Waals surface area (Å²) in [5, 5.41) is 12.1. The summed E-state index contributed by atoms with van der Waals surface area (Å²) in [5.41, 5.74) is 9.00. The number of anilines is 3. The van der Waals surface area contributed by atoms with Crippen molar-refractivity contribution in [3.8, 4) is 0 Å². The SMILES string of the molecule is CC(=O)NCCNC(C(=O)Nc1ccc(Cl)cc1)c1ccc(/C=C/C(=O)Nc2ccccc2N)cc1. The predicted molar refractivity (Wildman–Crippen MR) is 144 cm³/mol. The first kappa shape index (κ1) is 26.5. The van der Waals surface area contributed by atoms with Crippen molar-refractivity contribution in [3.05, 3.63) is 95.0 Å². The van der Waals surface area contributed by atoms with Crippen LogP contribution in [0.3, 0.4) is 0 Å². The van der Waals surface area contributed by atoms with Crippen LogP contribution in [-0.4, -0.2) is 30.8 Å². The van der Waals surface area contributed by atoms with E-state index in [1.807, 2.05) is 24.3 Å². The molecule has 0 aliphatic heterocycles. The molecule has 0 saturated carbocycles. The van der Waals surface area contributed by atoms with Crippen molar-refractivity contribution in [2.24, 2.45) is 0 Å². The van der Waals surface area contributed by atoms with Crippen LogP contribution in [0.4, 0.5) is 17.1 Å². The van der Waals surface area contributed by atoms with Gasteiger partial charge in [-0.05, 0) is 53.6 Å². The minimum atomic E-state index is -0.670. The average Bonchev–Trinajstić information content (AvgIpc) is 2.86. The summed E-state index contributed by atoms with van der Waals surface area (Å²) in [7, 11) is 0. The van der Waals surface area contributed by atoms with Gasteiger partial charge in [-0.25, -0.2) is 0 Å². The van der Waals surface area contributed by atoms with Gasteiger partial charge in [-0.1, -0.05) is 48.0 Å². The third-order valence-corrected chi connectivity index (χ3v) is 5.39. The van der Waals surface area contributed by atoms with Crippen molar-refractivity contribution in [1.29, 1.82) is 0 Å². The standard InChI is InChI=1S/C27H28ClN5O3/c1-18(34)30-16-17-31-26(27(36)32-22-13-11-21(28)12-14-22)20-9-6-19(7-10-20)8-15-25(35)33-24-5-3-2-4-23(24)29/h2-15,26,31H,16-17,29H2,1H3,(H,30,34)(H,32,36)(H,33,35)/b15-8+. The van der Waals surface area contributed by atoms with E-state index in [1.165, 1.54) is 13.0 Å². The van der Waals surface area contributed by atoms with E-state index >= 15 is 0 Å². The highest BCUT2D eigenvalue weighted by molar-refractivity contribution is 6.30. The Bertz CT molecular complexity index is 1230. The molecule has 0 radical (unpaired) electrons. The number of hydrogen-bond donors (Lipinski definition) is 5. The molecule has 0 heterocycles. The van der Waals surface area contributed by atoms with Gasteiger partial charge in [0.2, 0.25) is 17.7 Å². The second-order valence-corrected chi connectivity index (χ2v) is 8.38. The smallest absolute Gasteiger partial charge is 0.248 e. The molecule has 0 aromatic heterocycles. The number of carbonyl (C=O) groups is 3. The maximum Gasteiger partial charge on any atom is 0.248 e. The van der Waals surface area contributed by atoms with Gasteiger partial charge in [-0.15, -0.1) is 0 Å². The van der Waals surface area contributed by atoms with Crippen LogP contribution < -0.4 is 27.0 Å². The molecule has 3 amide bonds. The number of carbonyl (C=O) groups excluding carboxylic acids is 3. The van der Waals surface area contributed by atoms with E-state index in [2.05, 4.69) is 21.3 Å². The van der Waals surface area contributed by atoms with Gasteiger partial charge in [0.25, 0.3) is 0 Å². The number of amides is 3. The van der Waals surface area contributed by atoms with Crippen LogP contribution in [0.5, 0.6) is 0 Å². The Morgan fingerprint density at radius 2 is 1.61 bits per heavy atom. The quantitative estimate of drug-likeness (QED) is 0.162. The number of rotatable bonds is 10. The molecule has 1 unspecified atom stereocenters. The Labute approximate surface area is 214 Å². The van der Waals surface area contributed by atoms with Gasteiger partial charge in [0.05, 0.1) is 11.4 Å². The van der Waals surface area contributed by atoms with Gasteiger partial charge in [0.15, 0.2) is 0 Å². The Balaban J connectivity index is 1.68. The highest BCUT2D eigenvalue weighted by Crippen LogP contribution is 2.20. The predicted octanol–water partition coefficient (Wildman–Crippen LogP) is 3.98. The molecular weight excluding hydrogens is 478 g/mol. The van der Waals surface area contributed by atoms with E-state index in [0.29, 0.717) is 35.2 Å². The number of nitrogens with one attached hydrogen (secondary N) is 4. The van der Waals surface area contributed by atoms with Crippen molar-refractivity contribution < 1.29 is 14.4 Å². The van der Waals surface area contributed by atoms with Crippen molar-refractivity contribution in [2.45, 2.75) is 13.0 Å². The fourth-order valence-corrected chi connectivity index (χ4v) is 3.45. The monoisotopic (exact) mass is 505 g/mol. The summed E-state index contributed by atoms with van der Waals surface area (Å²) in [5.74, 6) is -0.714. The Kier molecular flexibility index (Phi) is 9.62. The van der Waals surface area contributed by atoms with Crippen LogP contribution in [0.2, 0.25) is 5.02 Å². The summed E-state index contributed by atoms with van der Waals surface area (Å²) in [6.07, 6.45) is 3.09. The lowest BCUT2D eigenvalue weighted by Gasteiger charge is -2.19. The fourth-order valence-electron chi connectivity index (χ4n) is 3.32. The molecule has 3 aromatic carbocycles. The number of nitrogen functional groups attached to an aromatic ring is 1. The van der Waals surface area contributed by atoms with E-state index in [-0.39, 0.29) is 17.7 Å². The molecule has 1 atom stereocenters. The largest absolute Gasteiger partial charge is 0.397 e. The average molecular weight is 506 g/mol. The molecule has 3 rings (SSSR count). The maximum atomic E-state index is 13.1. The molecule has 0 bridgehead atoms. The minimum Gasteiger partial charge on any atom is -0.397 e. The molecule has 0 spiro atoms. The number of hydrogen-bond acceptors (Lipinski definition) is 5. The zero-order valence-corrected chi connectivity index (χ0v) is 20.5. The van der Waals surface area contributed by atoms with Gasteiger partial charge in [-0.3, -0.25) is 14.4 Å². The lowest BCUT2D eigenvalue weighted by molar-refractivity contribution is -0.119. The molecule has 186 valence electrons. The van der Waals surface area contributed by atoms with Gasteiger partial charge in [0.1, 0.15) is 6.04 Å². The lowest BCUT2D eigenvalue weighted by Crippen LogP contribution is -2.37. The van der Waals surface area contributed by atoms with Crippen LogP contribution in [-0.2, 0) is 14.4 Å². The summed E-state index contributed by atoms with van der Waals surface area (Å²) in [6.45, 7) is 2.21. The van der Waals surface area contributed by atoms with Crippen molar-refractivity contribution in [1.82, 2.24) is 10.6 Å². The third-order valence-electron chi connectivity index (χ3n) is 5.14. The van der Waals surface area contributed by atoms with Crippen molar-refractivity contribution in [3.63, 3.8) is 0 Å². The first-order chi connectivity index (χ1) is 17.3. The minimum absolute atomic E-state index is 0.144. The number of nitrogens with two attached hydrogens (primary N) is 1. The van der Waals surface area contributed by atoms with Crippen molar-refractivity contribution >= 4 is 52.5 Å². The summed E-state index contributed by atoms with van der Waals surface area (Å²) >= 11 is 5.93. The zero-order valence-electron chi connectivity index (χ0n) is 19.8. The maximum absolute atomic E-state index is 13.1. The van der Waals surface area contributed by atoms with E-state index in [0.717, 1.165) is 11.1 Å². The van der Waals surface area contributed by atoms with E-state index in [4.69, 9.17) is 17.3 Å². The summed E-state index contributed by atoms with van der Waals surface area (Å²) < 4.78 is 0. The summed E-state index contributed by atoms with van der Waals surface area (Å²) in [6, 6.07) is 20.4. The molecule has 9 heteroatoms. The van der Waals surface area contributed by atoms with E-state index < -0.39 is 6.04 Å². The molecule has 8 nitrogen and oxygen atoms in total. The highest BCUT2D eigenvalue weighted by atomic mass is 35.5. The van der Waals surface area contributed by atoms with E-state index in [9.17, 15) is 14.4 Å². The molecule has 36 heavy (non-hydrogen) atoms. The fraction of sp³-hybridized carbons (Fsp3) is 0.148. The molecule has 6 N–H and O–H groups in total. The second-order valence-electron chi connectivity index (χ2n) is 7.94. The normalized spacial score (nSPS) is 11.6. The number of para-hydroxylation sites is 2. The molecule has 0 fully saturated rings.